The Morgan fingerprint density at radius 2 is 2.14 bits per heavy atom. The lowest BCUT2D eigenvalue weighted by Crippen LogP contribution is -2.37. The number of fused-ring (bicyclic) bond motifs is 1. The van der Waals surface area contributed by atoms with E-state index in [1.54, 1.807) is 0 Å². The van der Waals surface area contributed by atoms with Gasteiger partial charge in [0.2, 0.25) is 0 Å². The van der Waals surface area contributed by atoms with Crippen LogP contribution in [0.4, 0.5) is 5.69 Å². The highest BCUT2D eigenvalue weighted by Gasteiger charge is 2.20. The summed E-state index contributed by atoms with van der Waals surface area (Å²) in [5.41, 5.74) is 3.79. The highest BCUT2D eigenvalue weighted by Crippen LogP contribution is 2.25. The minimum absolute atomic E-state index is 0.521. The molecule has 1 aromatic heterocycles. The van der Waals surface area contributed by atoms with E-state index in [0.717, 1.165) is 36.2 Å². The zero-order valence-corrected chi connectivity index (χ0v) is 13.8. The molecule has 2 aromatic rings. The van der Waals surface area contributed by atoms with E-state index in [9.17, 15) is 0 Å². The molecule has 1 aliphatic rings. The van der Waals surface area contributed by atoms with Crippen molar-refractivity contribution in [3.63, 3.8) is 0 Å². The standard InChI is InChI=1S/C17H20BrN3/c1-2-15-11-21(12-16-8-7-14(18)10-20-16)17-6-4-3-5-13(17)9-19-15/h3-8,10,15,19H,2,9,11-12H2,1H3. The number of rotatable bonds is 3. The lowest BCUT2D eigenvalue weighted by molar-refractivity contribution is 0.501. The summed E-state index contributed by atoms with van der Waals surface area (Å²) in [4.78, 5) is 6.96. The number of hydrogen-bond acceptors (Lipinski definition) is 3. The highest BCUT2D eigenvalue weighted by molar-refractivity contribution is 9.10. The third-order valence-corrected chi connectivity index (χ3v) is 4.46. The smallest absolute Gasteiger partial charge is 0.0602 e. The predicted octanol–water partition coefficient (Wildman–Crippen LogP) is 3.73. The molecule has 3 nitrogen and oxygen atoms in total. The second-order valence-electron chi connectivity index (χ2n) is 5.46. The molecule has 1 unspecified atom stereocenters. The maximum Gasteiger partial charge on any atom is 0.0602 e. The fourth-order valence-corrected chi connectivity index (χ4v) is 3.01. The van der Waals surface area contributed by atoms with Crippen molar-refractivity contribution >= 4 is 21.6 Å². The number of nitrogens with one attached hydrogen (secondary N) is 1. The molecule has 0 saturated heterocycles. The highest BCUT2D eigenvalue weighted by atomic mass is 79.9. The van der Waals surface area contributed by atoms with Gasteiger partial charge < -0.3 is 10.2 Å². The van der Waals surface area contributed by atoms with Crippen molar-refractivity contribution in [3.05, 3.63) is 58.3 Å². The number of aromatic nitrogens is 1. The lowest BCUT2D eigenvalue weighted by Gasteiger charge is -2.27. The van der Waals surface area contributed by atoms with Gasteiger partial charge >= 0.3 is 0 Å². The van der Waals surface area contributed by atoms with Gasteiger partial charge in [-0.25, -0.2) is 0 Å². The SMILES string of the molecule is CCC1CN(Cc2ccc(Br)cn2)c2ccccc2CN1. The number of para-hydroxylation sites is 1. The first-order valence-electron chi connectivity index (χ1n) is 7.43. The Kier molecular flexibility index (Phi) is 4.56. The molecule has 3 rings (SSSR count). The van der Waals surface area contributed by atoms with Crippen LogP contribution in [0.25, 0.3) is 0 Å². The molecule has 4 heteroatoms. The summed E-state index contributed by atoms with van der Waals surface area (Å²) < 4.78 is 1.02. The molecular formula is C17H20BrN3. The first kappa shape index (κ1) is 14.5. The van der Waals surface area contributed by atoms with Gasteiger partial charge in [0, 0.05) is 35.5 Å². The minimum Gasteiger partial charge on any atom is -0.364 e. The van der Waals surface area contributed by atoms with E-state index >= 15 is 0 Å². The first-order chi connectivity index (χ1) is 10.3. The monoisotopic (exact) mass is 345 g/mol. The molecule has 1 atom stereocenters. The molecule has 110 valence electrons. The van der Waals surface area contributed by atoms with Crippen LogP contribution in [0.3, 0.4) is 0 Å². The van der Waals surface area contributed by atoms with Crippen molar-refractivity contribution in [2.75, 3.05) is 11.4 Å². The van der Waals surface area contributed by atoms with Gasteiger partial charge in [0.15, 0.2) is 0 Å². The van der Waals surface area contributed by atoms with Crippen LogP contribution in [0.15, 0.2) is 47.1 Å². The van der Waals surface area contributed by atoms with Crippen LogP contribution in [-0.4, -0.2) is 17.6 Å². The Hall–Kier alpha value is -1.39. The topological polar surface area (TPSA) is 28.2 Å². The number of benzene rings is 1. The second kappa shape index (κ2) is 6.58. The Morgan fingerprint density at radius 3 is 2.90 bits per heavy atom. The van der Waals surface area contributed by atoms with Crippen molar-refractivity contribution in [1.82, 2.24) is 10.3 Å². The van der Waals surface area contributed by atoms with E-state index < -0.39 is 0 Å². The third-order valence-electron chi connectivity index (χ3n) is 3.99. The van der Waals surface area contributed by atoms with Crippen molar-refractivity contribution in [1.29, 1.82) is 0 Å². The first-order valence-corrected chi connectivity index (χ1v) is 8.22. The molecule has 1 aliphatic heterocycles. The molecule has 1 aromatic carbocycles. The van der Waals surface area contributed by atoms with Crippen LogP contribution in [0.5, 0.6) is 0 Å². The summed E-state index contributed by atoms with van der Waals surface area (Å²) >= 11 is 3.44. The van der Waals surface area contributed by atoms with Crippen molar-refractivity contribution in [2.45, 2.75) is 32.5 Å². The zero-order valence-electron chi connectivity index (χ0n) is 12.2. The molecule has 0 bridgehead atoms. The van der Waals surface area contributed by atoms with Gasteiger partial charge in [0.05, 0.1) is 12.2 Å². The van der Waals surface area contributed by atoms with Crippen molar-refractivity contribution in [3.8, 4) is 0 Å². The average molecular weight is 346 g/mol. The van der Waals surface area contributed by atoms with Gasteiger partial charge in [0.25, 0.3) is 0 Å². The number of nitrogens with zero attached hydrogens (tertiary/aromatic N) is 2. The Balaban J connectivity index is 1.88. The molecule has 0 spiro atoms. The van der Waals surface area contributed by atoms with Gasteiger partial charge in [-0.2, -0.15) is 0 Å². The molecule has 2 heterocycles. The minimum atomic E-state index is 0.521. The maximum atomic E-state index is 4.52. The van der Waals surface area contributed by atoms with E-state index in [1.165, 1.54) is 11.3 Å². The summed E-state index contributed by atoms with van der Waals surface area (Å²) in [6, 6.07) is 13.3. The van der Waals surface area contributed by atoms with Gasteiger partial charge in [0.1, 0.15) is 0 Å². The normalized spacial score (nSPS) is 18.2. The molecule has 1 N–H and O–H groups in total. The Morgan fingerprint density at radius 1 is 1.29 bits per heavy atom. The average Bonchev–Trinajstić information content (AvgIpc) is 2.69. The largest absolute Gasteiger partial charge is 0.364 e. The fraction of sp³-hybridized carbons (Fsp3) is 0.353. The molecule has 0 saturated carbocycles. The van der Waals surface area contributed by atoms with E-state index in [4.69, 9.17) is 0 Å². The summed E-state index contributed by atoms with van der Waals surface area (Å²) in [6.45, 7) is 5.05. The molecular weight excluding hydrogens is 326 g/mol. The van der Waals surface area contributed by atoms with Crippen molar-refractivity contribution < 1.29 is 0 Å². The zero-order chi connectivity index (χ0) is 14.7. The summed E-state index contributed by atoms with van der Waals surface area (Å²) in [6.07, 6.45) is 3.01. The summed E-state index contributed by atoms with van der Waals surface area (Å²) in [5, 5.41) is 3.64. The van der Waals surface area contributed by atoms with E-state index in [-0.39, 0.29) is 0 Å². The van der Waals surface area contributed by atoms with Gasteiger partial charge in [-0.05, 0) is 46.1 Å². The second-order valence-corrected chi connectivity index (χ2v) is 6.38. The maximum absolute atomic E-state index is 4.52. The molecule has 0 amide bonds. The van der Waals surface area contributed by atoms with E-state index in [1.807, 2.05) is 6.20 Å². The van der Waals surface area contributed by atoms with Crippen molar-refractivity contribution in [2.24, 2.45) is 0 Å². The van der Waals surface area contributed by atoms with Crippen LogP contribution in [0.2, 0.25) is 0 Å². The lowest BCUT2D eigenvalue weighted by atomic mass is 10.1. The Labute approximate surface area is 134 Å². The molecule has 0 radical (unpaired) electrons. The quantitative estimate of drug-likeness (QED) is 0.918. The Bertz CT molecular complexity index is 597. The number of anilines is 1. The molecule has 0 aliphatic carbocycles. The van der Waals surface area contributed by atoms with E-state index in [0.29, 0.717) is 6.04 Å². The van der Waals surface area contributed by atoms with Gasteiger partial charge in [-0.3, -0.25) is 4.98 Å². The van der Waals surface area contributed by atoms with Crippen LogP contribution in [0, 0.1) is 0 Å². The molecule has 0 fully saturated rings. The third kappa shape index (κ3) is 3.44. The summed E-state index contributed by atoms with van der Waals surface area (Å²) in [7, 11) is 0. The van der Waals surface area contributed by atoms with Crippen LogP contribution in [0.1, 0.15) is 24.6 Å². The number of halogens is 1. The van der Waals surface area contributed by atoms with Gasteiger partial charge in [-0.15, -0.1) is 0 Å². The van der Waals surface area contributed by atoms with E-state index in [2.05, 4.69) is 74.5 Å². The molecule has 21 heavy (non-hydrogen) atoms. The predicted molar refractivity (Wildman–Crippen MR) is 90.3 cm³/mol. The number of pyridine rings is 1. The van der Waals surface area contributed by atoms with Crippen LogP contribution >= 0.6 is 15.9 Å². The van der Waals surface area contributed by atoms with Gasteiger partial charge in [-0.1, -0.05) is 25.1 Å². The summed E-state index contributed by atoms with van der Waals surface area (Å²) in [5.74, 6) is 0. The number of hydrogen-bond donors (Lipinski definition) is 1. The van der Waals surface area contributed by atoms with Crippen LogP contribution < -0.4 is 10.2 Å². The van der Waals surface area contributed by atoms with Crippen LogP contribution in [-0.2, 0) is 13.1 Å². The fourth-order valence-electron chi connectivity index (χ4n) is 2.77.